The molecule has 2 saturated heterocycles. The topological polar surface area (TPSA) is 58.6 Å². The lowest BCUT2D eigenvalue weighted by molar-refractivity contribution is -0.127. The first-order valence-corrected chi connectivity index (χ1v) is 8.30. The molecule has 4 rings (SSSR count). The summed E-state index contributed by atoms with van der Waals surface area (Å²) in [5.74, 6) is 0.635. The summed E-state index contributed by atoms with van der Waals surface area (Å²) < 4.78 is 5.45. The minimum Gasteiger partial charge on any atom is -0.444 e. The molecular formula is C17H26N2O3. The lowest BCUT2D eigenvalue weighted by atomic mass is 9.79. The molecule has 0 aromatic rings. The second kappa shape index (κ2) is 5.60. The smallest absolute Gasteiger partial charge is 0.410 e. The van der Waals surface area contributed by atoms with Crippen molar-refractivity contribution in [1.29, 1.82) is 0 Å². The summed E-state index contributed by atoms with van der Waals surface area (Å²) in [7, 11) is 0. The molecule has 5 heteroatoms. The molecule has 2 aliphatic carbocycles. The zero-order chi connectivity index (χ0) is 15.9. The van der Waals surface area contributed by atoms with Gasteiger partial charge >= 0.3 is 6.09 Å². The van der Waals surface area contributed by atoms with Crippen LogP contribution in [0.15, 0.2) is 12.2 Å². The molecule has 1 saturated carbocycles. The van der Waals surface area contributed by atoms with E-state index < -0.39 is 5.60 Å². The number of hydrogen-bond donors (Lipinski definition) is 1. The molecule has 122 valence electrons. The Morgan fingerprint density at radius 1 is 1.27 bits per heavy atom. The van der Waals surface area contributed by atoms with E-state index in [2.05, 4.69) is 17.5 Å². The number of allylic oxidation sites excluding steroid dienone is 2. The highest BCUT2D eigenvalue weighted by atomic mass is 16.6. The third kappa shape index (κ3) is 2.99. The predicted octanol–water partition coefficient (Wildman–Crippen LogP) is 2.47. The number of nitrogens with one attached hydrogen (secondary N) is 1. The summed E-state index contributed by atoms with van der Waals surface area (Å²) in [4.78, 5) is 26.4. The summed E-state index contributed by atoms with van der Waals surface area (Å²) in [5.41, 5.74) is -0.475. The van der Waals surface area contributed by atoms with Crippen LogP contribution >= 0.6 is 0 Å². The fourth-order valence-electron chi connectivity index (χ4n) is 3.68. The van der Waals surface area contributed by atoms with Gasteiger partial charge in [0.05, 0.1) is 12.1 Å². The number of carbonyl (C=O) groups is 2. The zero-order valence-electron chi connectivity index (χ0n) is 13.7. The molecule has 3 fully saturated rings. The zero-order valence-corrected chi connectivity index (χ0v) is 13.7. The van der Waals surface area contributed by atoms with E-state index in [0.29, 0.717) is 12.5 Å². The predicted molar refractivity (Wildman–Crippen MR) is 83.2 cm³/mol. The van der Waals surface area contributed by atoms with Gasteiger partial charge in [0.25, 0.3) is 0 Å². The van der Waals surface area contributed by atoms with Crippen LogP contribution in [0.2, 0.25) is 0 Å². The number of rotatable bonds is 2. The first-order chi connectivity index (χ1) is 10.3. The lowest BCUT2D eigenvalue weighted by Crippen LogP contribution is -2.56. The molecule has 2 amide bonds. The SMILES string of the molecule is CC(C)(C)OC(=O)N1C[C@H]2C[C@H]1[C@H]2NC(=O)[C@@H]1CC=CCC1. The molecule has 0 aromatic heterocycles. The van der Waals surface area contributed by atoms with Crippen molar-refractivity contribution in [3.05, 3.63) is 12.2 Å². The Labute approximate surface area is 132 Å². The van der Waals surface area contributed by atoms with Gasteiger partial charge in [0.2, 0.25) is 5.91 Å². The van der Waals surface area contributed by atoms with Crippen LogP contribution in [-0.2, 0) is 9.53 Å². The molecular weight excluding hydrogens is 280 g/mol. The highest BCUT2D eigenvalue weighted by Crippen LogP contribution is 2.42. The van der Waals surface area contributed by atoms with Crippen molar-refractivity contribution in [3.8, 4) is 0 Å². The van der Waals surface area contributed by atoms with E-state index in [0.717, 1.165) is 25.7 Å². The van der Waals surface area contributed by atoms with Gasteiger partial charge in [-0.2, -0.15) is 0 Å². The van der Waals surface area contributed by atoms with Crippen LogP contribution in [0.25, 0.3) is 0 Å². The molecule has 2 bridgehead atoms. The van der Waals surface area contributed by atoms with E-state index in [1.807, 2.05) is 20.8 Å². The van der Waals surface area contributed by atoms with Gasteiger partial charge < -0.3 is 15.0 Å². The van der Waals surface area contributed by atoms with E-state index in [1.54, 1.807) is 4.90 Å². The number of fused-ring (bicyclic) bond motifs is 1. The van der Waals surface area contributed by atoms with Crippen molar-refractivity contribution in [2.24, 2.45) is 11.8 Å². The first kappa shape index (κ1) is 15.4. The van der Waals surface area contributed by atoms with Crippen molar-refractivity contribution >= 4 is 12.0 Å². The number of amides is 2. The van der Waals surface area contributed by atoms with E-state index in [4.69, 9.17) is 4.74 Å². The Morgan fingerprint density at radius 2 is 2.05 bits per heavy atom. The molecule has 2 aliphatic heterocycles. The average Bonchev–Trinajstić information content (AvgIpc) is 3.02. The highest BCUT2D eigenvalue weighted by Gasteiger charge is 2.55. The maximum Gasteiger partial charge on any atom is 0.410 e. The van der Waals surface area contributed by atoms with Crippen LogP contribution in [0, 0.1) is 11.8 Å². The summed E-state index contributed by atoms with van der Waals surface area (Å²) in [6, 6.07) is 0.230. The van der Waals surface area contributed by atoms with Gasteiger partial charge in [-0.05, 0) is 46.5 Å². The lowest BCUT2D eigenvalue weighted by Gasteiger charge is -2.38. The Morgan fingerprint density at radius 3 is 2.68 bits per heavy atom. The minimum absolute atomic E-state index is 0.0972. The number of ether oxygens (including phenoxy) is 1. The summed E-state index contributed by atoms with van der Waals surface area (Å²) in [6.45, 7) is 6.33. The van der Waals surface area contributed by atoms with Gasteiger partial charge in [-0.3, -0.25) is 4.79 Å². The maximum atomic E-state index is 12.3. The van der Waals surface area contributed by atoms with Crippen LogP contribution in [0.5, 0.6) is 0 Å². The van der Waals surface area contributed by atoms with Gasteiger partial charge in [0.1, 0.15) is 5.60 Å². The maximum absolute atomic E-state index is 12.3. The summed E-state index contributed by atoms with van der Waals surface area (Å²) >= 11 is 0. The second-order valence-corrected chi connectivity index (χ2v) is 7.71. The monoisotopic (exact) mass is 306 g/mol. The summed E-state index contributed by atoms with van der Waals surface area (Å²) in [6.07, 6.45) is 7.72. The third-order valence-corrected chi connectivity index (χ3v) is 4.87. The molecule has 0 aromatic carbocycles. The molecule has 5 nitrogen and oxygen atoms in total. The quantitative estimate of drug-likeness (QED) is 0.797. The van der Waals surface area contributed by atoms with Crippen molar-refractivity contribution < 1.29 is 14.3 Å². The Kier molecular flexibility index (Phi) is 3.91. The number of carbonyl (C=O) groups excluding carboxylic acids is 2. The normalized spacial score (nSPS) is 33.3. The fourth-order valence-corrected chi connectivity index (χ4v) is 3.68. The minimum atomic E-state index is -0.475. The average molecular weight is 306 g/mol. The molecule has 22 heavy (non-hydrogen) atoms. The molecule has 2 heterocycles. The van der Waals surface area contributed by atoms with Crippen molar-refractivity contribution in [2.45, 2.75) is 64.1 Å². The van der Waals surface area contributed by atoms with Crippen LogP contribution in [0.3, 0.4) is 0 Å². The largest absolute Gasteiger partial charge is 0.444 e. The fraction of sp³-hybridized carbons (Fsp3) is 0.765. The van der Waals surface area contributed by atoms with Gasteiger partial charge in [-0.1, -0.05) is 12.2 Å². The molecule has 4 atom stereocenters. The molecule has 0 unspecified atom stereocenters. The van der Waals surface area contributed by atoms with Gasteiger partial charge in [-0.25, -0.2) is 4.79 Å². The second-order valence-electron chi connectivity index (χ2n) is 7.71. The van der Waals surface area contributed by atoms with Crippen molar-refractivity contribution in [2.75, 3.05) is 6.54 Å². The third-order valence-electron chi connectivity index (χ3n) is 4.87. The summed E-state index contributed by atoms with van der Waals surface area (Å²) in [5, 5.41) is 3.17. The first-order valence-electron chi connectivity index (χ1n) is 8.30. The van der Waals surface area contributed by atoms with Crippen molar-refractivity contribution in [3.63, 3.8) is 0 Å². The van der Waals surface area contributed by atoms with E-state index in [1.165, 1.54) is 0 Å². The van der Waals surface area contributed by atoms with Crippen LogP contribution in [0.4, 0.5) is 4.79 Å². The van der Waals surface area contributed by atoms with Crippen LogP contribution < -0.4 is 5.32 Å². The van der Waals surface area contributed by atoms with Crippen molar-refractivity contribution in [1.82, 2.24) is 10.2 Å². The number of hydrogen-bond acceptors (Lipinski definition) is 3. The Bertz CT molecular complexity index is 495. The molecule has 0 spiro atoms. The Hall–Kier alpha value is -1.52. The standard InChI is InChI=1S/C17H26N2O3/c1-17(2,3)22-16(21)19-10-12-9-13(19)14(12)18-15(20)11-7-5-4-6-8-11/h4-5,11-14H,6-10H2,1-3H3,(H,18,20)/t11-,12-,13+,14+/m1/s1. The van der Waals surface area contributed by atoms with Gasteiger partial charge in [-0.15, -0.1) is 0 Å². The number of nitrogens with zero attached hydrogens (tertiary/aromatic N) is 1. The Balaban J connectivity index is 1.54. The van der Waals surface area contributed by atoms with Crippen LogP contribution in [-0.4, -0.2) is 41.1 Å². The molecule has 0 radical (unpaired) electrons. The van der Waals surface area contributed by atoms with Crippen LogP contribution in [0.1, 0.15) is 46.5 Å². The van der Waals surface area contributed by atoms with E-state index >= 15 is 0 Å². The highest BCUT2D eigenvalue weighted by molar-refractivity contribution is 5.80. The van der Waals surface area contributed by atoms with Gasteiger partial charge in [0, 0.05) is 18.4 Å². The van der Waals surface area contributed by atoms with E-state index in [9.17, 15) is 9.59 Å². The molecule has 4 aliphatic rings. The van der Waals surface area contributed by atoms with E-state index in [-0.39, 0.29) is 30.0 Å². The molecule has 1 N–H and O–H groups in total. The van der Waals surface area contributed by atoms with Gasteiger partial charge in [0.15, 0.2) is 0 Å².